The fourth-order valence-electron chi connectivity index (χ4n) is 1.73. The zero-order chi connectivity index (χ0) is 14.5. The first-order chi connectivity index (χ1) is 9.56. The maximum absolute atomic E-state index is 13.3. The summed E-state index contributed by atoms with van der Waals surface area (Å²) in [6.07, 6.45) is 3.53. The van der Waals surface area contributed by atoms with Crippen LogP contribution < -0.4 is 4.74 Å². The molecule has 0 aliphatic carbocycles. The number of hydrogen-bond acceptors (Lipinski definition) is 3. The number of halogens is 1. The summed E-state index contributed by atoms with van der Waals surface area (Å²) >= 11 is 0. The van der Waals surface area contributed by atoms with E-state index < -0.39 is 5.82 Å². The molecule has 0 unspecified atom stereocenters. The van der Waals surface area contributed by atoms with E-state index in [1.807, 2.05) is 13.2 Å². The first-order valence-corrected chi connectivity index (χ1v) is 6.15. The Kier molecular flexibility index (Phi) is 4.34. The number of aromatic nitrogens is 2. The quantitative estimate of drug-likeness (QED) is 0.834. The zero-order valence-electron chi connectivity index (χ0n) is 11.4. The molecule has 1 aromatic heterocycles. The van der Waals surface area contributed by atoms with Crippen LogP contribution in [0.25, 0.3) is 0 Å². The van der Waals surface area contributed by atoms with Gasteiger partial charge in [-0.25, -0.2) is 4.39 Å². The van der Waals surface area contributed by atoms with Crippen molar-refractivity contribution in [2.45, 2.75) is 6.54 Å². The highest BCUT2D eigenvalue weighted by Gasteiger charge is 2.12. The minimum Gasteiger partial charge on any atom is -0.481 e. The Morgan fingerprint density at radius 2 is 2.20 bits per heavy atom. The Morgan fingerprint density at radius 3 is 2.85 bits per heavy atom. The van der Waals surface area contributed by atoms with Gasteiger partial charge in [-0.05, 0) is 12.1 Å². The van der Waals surface area contributed by atoms with Crippen molar-refractivity contribution in [3.63, 3.8) is 0 Å². The SMILES string of the molecule is CN(Cc1cnn(C)c1)C(=O)COc1ccccc1F. The standard InChI is InChI=1S/C14H16FN3O2/c1-17(8-11-7-16-18(2)9-11)14(19)10-20-13-6-4-3-5-12(13)15/h3-7,9H,8,10H2,1-2H3. The number of likely N-dealkylation sites (N-methyl/N-ethyl adjacent to an activating group) is 1. The van der Waals surface area contributed by atoms with Crippen molar-refractivity contribution in [2.24, 2.45) is 7.05 Å². The van der Waals surface area contributed by atoms with Crippen LogP contribution in [-0.4, -0.2) is 34.2 Å². The Bertz CT molecular complexity index is 598. The van der Waals surface area contributed by atoms with E-state index in [1.54, 1.807) is 30.1 Å². The molecule has 1 aromatic carbocycles. The van der Waals surface area contributed by atoms with E-state index in [2.05, 4.69) is 5.10 Å². The number of nitrogens with zero attached hydrogens (tertiary/aromatic N) is 3. The van der Waals surface area contributed by atoms with E-state index >= 15 is 0 Å². The van der Waals surface area contributed by atoms with Crippen LogP contribution in [0.3, 0.4) is 0 Å². The molecule has 1 amide bonds. The Morgan fingerprint density at radius 1 is 1.45 bits per heavy atom. The number of amides is 1. The number of carbonyl (C=O) groups is 1. The third kappa shape index (κ3) is 3.57. The molecule has 0 saturated heterocycles. The molecule has 6 heteroatoms. The lowest BCUT2D eigenvalue weighted by Crippen LogP contribution is -2.30. The van der Waals surface area contributed by atoms with Crippen molar-refractivity contribution >= 4 is 5.91 Å². The van der Waals surface area contributed by atoms with Gasteiger partial charge >= 0.3 is 0 Å². The summed E-state index contributed by atoms with van der Waals surface area (Å²) in [5.74, 6) is -0.622. The minimum absolute atomic E-state index is 0.0793. The summed E-state index contributed by atoms with van der Waals surface area (Å²) in [4.78, 5) is 13.4. The lowest BCUT2D eigenvalue weighted by Gasteiger charge is -2.16. The van der Waals surface area contributed by atoms with Crippen molar-refractivity contribution in [2.75, 3.05) is 13.7 Å². The predicted molar refractivity (Wildman–Crippen MR) is 71.6 cm³/mol. The number of hydrogen-bond donors (Lipinski definition) is 0. The van der Waals surface area contributed by atoms with Gasteiger partial charge in [0.25, 0.3) is 5.91 Å². The van der Waals surface area contributed by atoms with Gasteiger partial charge in [0.15, 0.2) is 18.2 Å². The van der Waals surface area contributed by atoms with Crippen LogP contribution in [-0.2, 0) is 18.4 Å². The molecule has 0 saturated carbocycles. The second-order valence-corrected chi connectivity index (χ2v) is 4.49. The van der Waals surface area contributed by atoms with E-state index in [4.69, 9.17) is 4.74 Å². The number of ether oxygens (including phenoxy) is 1. The summed E-state index contributed by atoms with van der Waals surface area (Å²) < 4.78 is 20.2. The number of carbonyl (C=O) groups excluding carboxylic acids is 1. The molecular formula is C14H16FN3O2. The molecule has 2 rings (SSSR count). The van der Waals surface area contributed by atoms with Crippen LogP contribution >= 0.6 is 0 Å². The topological polar surface area (TPSA) is 47.4 Å². The molecule has 2 aromatic rings. The number of benzene rings is 1. The highest BCUT2D eigenvalue weighted by molar-refractivity contribution is 5.77. The highest BCUT2D eigenvalue weighted by Crippen LogP contribution is 2.15. The molecule has 0 aliphatic rings. The molecule has 0 radical (unpaired) electrons. The Hall–Kier alpha value is -2.37. The molecule has 0 N–H and O–H groups in total. The molecule has 5 nitrogen and oxygen atoms in total. The Labute approximate surface area is 116 Å². The third-order valence-corrected chi connectivity index (χ3v) is 2.79. The van der Waals surface area contributed by atoms with E-state index in [0.29, 0.717) is 6.54 Å². The summed E-state index contributed by atoms with van der Waals surface area (Å²) in [7, 11) is 3.48. The third-order valence-electron chi connectivity index (χ3n) is 2.79. The van der Waals surface area contributed by atoms with Gasteiger partial charge in [0.1, 0.15) is 0 Å². The summed E-state index contributed by atoms with van der Waals surface area (Å²) in [6, 6.07) is 6.00. The molecular weight excluding hydrogens is 261 g/mol. The van der Waals surface area contributed by atoms with Gasteiger partial charge in [-0.2, -0.15) is 5.10 Å². The Balaban J connectivity index is 1.87. The van der Waals surface area contributed by atoms with Gasteiger partial charge in [-0.1, -0.05) is 12.1 Å². The van der Waals surface area contributed by atoms with Gasteiger partial charge < -0.3 is 9.64 Å². The van der Waals surface area contributed by atoms with Crippen molar-refractivity contribution in [3.8, 4) is 5.75 Å². The summed E-state index contributed by atoms with van der Waals surface area (Å²) in [5, 5.41) is 4.03. The van der Waals surface area contributed by atoms with Crippen LogP contribution in [0.1, 0.15) is 5.56 Å². The molecule has 0 spiro atoms. The summed E-state index contributed by atoms with van der Waals surface area (Å²) in [5.41, 5.74) is 0.925. The van der Waals surface area contributed by atoms with Gasteiger partial charge in [-0.3, -0.25) is 9.48 Å². The first kappa shape index (κ1) is 14.0. The smallest absolute Gasteiger partial charge is 0.260 e. The normalized spacial score (nSPS) is 10.3. The van der Waals surface area contributed by atoms with Gasteiger partial charge in [0.2, 0.25) is 0 Å². The fourth-order valence-corrected chi connectivity index (χ4v) is 1.73. The minimum atomic E-state index is -0.477. The molecule has 0 atom stereocenters. The lowest BCUT2D eigenvalue weighted by molar-refractivity contribution is -0.132. The van der Waals surface area contributed by atoms with Gasteiger partial charge in [0.05, 0.1) is 6.20 Å². The van der Waals surface area contributed by atoms with E-state index in [-0.39, 0.29) is 18.3 Å². The fraction of sp³-hybridized carbons (Fsp3) is 0.286. The van der Waals surface area contributed by atoms with E-state index in [1.165, 1.54) is 17.0 Å². The molecule has 1 heterocycles. The van der Waals surface area contributed by atoms with Crippen molar-refractivity contribution in [1.29, 1.82) is 0 Å². The van der Waals surface area contributed by atoms with Crippen LogP contribution in [0.15, 0.2) is 36.7 Å². The maximum Gasteiger partial charge on any atom is 0.260 e. The summed E-state index contributed by atoms with van der Waals surface area (Å²) in [6.45, 7) is 0.241. The molecule has 0 fully saturated rings. The number of aryl methyl sites for hydroxylation is 1. The molecule has 0 bridgehead atoms. The van der Waals surface area contributed by atoms with Crippen LogP contribution in [0.4, 0.5) is 4.39 Å². The molecule has 0 aliphatic heterocycles. The molecule has 20 heavy (non-hydrogen) atoms. The van der Waals surface area contributed by atoms with Gasteiger partial charge in [0, 0.05) is 32.4 Å². The largest absolute Gasteiger partial charge is 0.481 e. The van der Waals surface area contributed by atoms with Gasteiger partial charge in [-0.15, -0.1) is 0 Å². The maximum atomic E-state index is 13.3. The molecule has 106 valence electrons. The average molecular weight is 277 g/mol. The highest BCUT2D eigenvalue weighted by atomic mass is 19.1. The van der Waals surface area contributed by atoms with Crippen LogP contribution in [0.2, 0.25) is 0 Å². The van der Waals surface area contributed by atoms with Crippen LogP contribution in [0, 0.1) is 5.82 Å². The number of para-hydroxylation sites is 1. The zero-order valence-corrected chi connectivity index (χ0v) is 11.4. The average Bonchev–Trinajstić information content (AvgIpc) is 2.82. The van der Waals surface area contributed by atoms with E-state index in [0.717, 1.165) is 5.56 Å². The first-order valence-electron chi connectivity index (χ1n) is 6.15. The second kappa shape index (κ2) is 6.18. The van der Waals surface area contributed by atoms with Crippen molar-refractivity contribution < 1.29 is 13.9 Å². The monoisotopic (exact) mass is 277 g/mol. The van der Waals surface area contributed by atoms with Crippen molar-refractivity contribution in [1.82, 2.24) is 14.7 Å². The predicted octanol–water partition coefficient (Wildman–Crippen LogP) is 1.60. The van der Waals surface area contributed by atoms with Crippen molar-refractivity contribution in [3.05, 3.63) is 48.0 Å². The van der Waals surface area contributed by atoms with Crippen LogP contribution in [0.5, 0.6) is 5.75 Å². The number of rotatable bonds is 5. The second-order valence-electron chi connectivity index (χ2n) is 4.49. The lowest BCUT2D eigenvalue weighted by atomic mass is 10.3. The van der Waals surface area contributed by atoms with E-state index in [9.17, 15) is 9.18 Å².